The molecule has 2 aromatic rings. The van der Waals surface area contributed by atoms with Crippen molar-refractivity contribution < 1.29 is 28.8 Å². The predicted octanol–water partition coefficient (Wildman–Crippen LogP) is 3.36. The van der Waals surface area contributed by atoms with Crippen LogP contribution in [0.1, 0.15) is 37.4 Å². The zero-order valence-corrected chi connectivity index (χ0v) is 23.4. The molecule has 0 spiro atoms. The lowest BCUT2D eigenvalue weighted by Crippen LogP contribution is -2.49. The number of hydrazone groups is 1. The Morgan fingerprint density at radius 2 is 1.93 bits per heavy atom. The zero-order chi connectivity index (χ0) is 29.7. The second-order valence-electron chi connectivity index (χ2n) is 9.17. The highest BCUT2D eigenvalue weighted by Gasteiger charge is 2.39. The molecule has 214 valence electrons. The maximum atomic E-state index is 13.1. The summed E-state index contributed by atoms with van der Waals surface area (Å²) in [6.07, 6.45) is -0.214. The van der Waals surface area contributed by atoms with Crippen LogP contribution in [0.25, 0.3) is 0 Å². The van der Waals surface area contributed by atoms with Crippen molar-refractivity contribution in [2.45, 2.75) is 33.2 Å². The van der Waals surface area contributed by atoms with E-state index >= 15 is 0 Å². The number of benzene rings is 2. The number of urea groups is 1. The van der Waals surface area contributed by atoms with Crippen LogP contribution in [0.15, 0.2) is 64.9 Å². The van der Waals surface area contributed by atoms with E-state index in [1.54, 1.807) is 25.1 Å². The third-order valence-electron chi connectivity index (χ3n) is 6.35. The number of amides is 4. The number of nitro groups is 1. The van der Waals surface area contributed by atoms with Gasteiger partial charge >= 0.3 is 12.0 Å². The number of carbonyl (C=O) groups excluding carboxylic acids is 4. The maximum absolute atomic E-state index is 13.1. The van der Waals surface area contributed by atoms with Crippen molar-refractivity contribution in [2.24, 2.45) is 5.10 Å². The van der Waals surface area contributed by atoms with Crippen LogP contribution in [0.3, 0.4) is 0 Å². The number of aryl methyl sites for hydroxylation is 1. The van der Waals surface area contributed by atoms with Crippen LogP contribution in [-0.2, 0) is 19.1 Å². The lowest BCUT2D eigenvalue weighted by atomic mass is 9.93. The molecular weight excluding hydrogens is 552 g/mol. The number of nitrogens with one attached hydrogen (secondary N) is 2. The summed E-state index contributed by atoms with van der Waals surface area (Å²) < 4.78 is 5.21. The van der Waals surface area contributed by atoms with Crippen LogP contribution in [0.5, 0.6) is 0 Å². The van der Waals surface area contributed by atoms with E-state index in [9.17, 15) is 29.3 Å². The van der Waals surface area contributed by atoms with Gasteiger partial charge in [-0.2, -0.15) is 0 Å². The highest BCUT2D eigenvalue weighted by Crippen LogP contribution is 2.36. The molecular formula is C27H28N6O7S. The molecule has 1 saturated heterocycles. The number of non-ortho nitro benzene ring substituents is 1. The average Bonchev–Trinajstić information content (AvgIpc) is 3.31. The second-order valence-corrected chi connectivity index (χ2v) is 10.1. The van der Waals surface area contributed by atoms with Crippen molar-refractivity contribution >= 4 is 52.1 Å². The van der Waals surface area contributed by atoms with E-state index < -0.39 is 28.9 Å². The summed E-state index contributed by atoms with van der Waals surface area (Å²) in [6, 6.07) is 11.3. The molecule has 1 unspecified atom stereocenters. The molecule has 4 rings (SSSR count). The Bertz CT molecular complexity index is 1460. The number of rotatable bonds is 9. The third kappa shape index (κ3) is 6.54. The fraction of sp³-hybridized carbons (Fsp3) is 0.296. The zero-order valence-electron chi connectivity index (χ0n) is 22.6. The summed E-state index contributed by atoms with van der Waals surface area (Å²) in [7, 11) is 0. The summed E-state index contributed by atoms with van der Waals surface area (Å²) in [4.78, 5) is 64.8. The molecule has 13 nitrogen and oxygen atoms in total. The van der Waals surface area contributed by atoms with Crippen LogP contribution in [0, 0.1) is 17.0 Å². The normalized spacial score (nSPS) is 18.0. The molecule has 41 heavy (non-hydrogen) atoms. The largest absolute Gasteiger partial charge is 0.463 e. The van der Waals surface area contributed by atoms with Gasteiger partial charge in [-0.3, -0.25) is 24.6 Å². The van der Waals surface area contributed by atoms with Gasteiger partial charge in [0.2, 0.25) is 11.8 Å². The molecule has 2 N–H and O–H groups in total. The van der Waals surface area contributed by atoms with Crippen molar-refractivity contribution in [2.75, 3.05) is 23.8 Å². The minimum absolute atomic E-state index is 0.0775. The smallest absolute Gasteiger partial charge is 0.338 e. The first-order valence-corrected chi connectivity index (χ1v) is 13.7. The molecule has 0 radical (unpaired) electrons. The molecule has 0 aliphatic carbocycles. The van der Waals surface area contributed by atoms with E-state index in [1.165, 1.54) is 46.7 Å². The number of allylic oxidation sites excluding steroid dienone is 1. The maximum Gasteiger partial charge on any atom is 0.338 e. The molecule has 1 atom stereocenters. The molecule has 4 amide bonds. The molecule has 2 aliphatic heterocycles. The number of hydrogen-bond acceptors (Lipinski definition) is 9. The van der Waals surface area contributed by atoms with Crippen LogP contribution in [0.2, 0.25) is 0 Å². The minimum atomic E-state index is -1.04. The van der Waals surface area contributed by atoms with E-state index in [-0.39, 0.29) is 48.2 Å². The Kier molecular flexibility index (Phi) is 9.02. The number of carbonyl (C=O) groups is 4. The van der Waals surface area contributed by atoms with E-state index in [2.05, 4.69) is 15.8 Å². The molecule has 14 heteroatoms. The topological polar surface area (TPSA) is 164 Å². The Morgan fingerprint density at radius 3 is 2.61 bits per heavy atom. The van der Waals surface area contributed by atoms with Crippen molar-refractivity contribution in [3.63, 3.8) is 0 Å². The van der Waals surface area contributed by atoms with Gasteiger partial charge in [-0.05, 0) is 38.5 Å². The van der Waals surface area contributed by atoms with Gasteiger partial charge in [0.25, 0.3) is 5.69 Å². The molecule has 0 saturated carbocycles. The number of hydrogen-bond donors (Lipinski definition) is 2. The molecule has 2 heterocycles. The first kappa shape index (κ1) is 29.3. The Morgan fingerprint density at radius 1 is 1.20 bits per heavy atom. The molecule has 0 aromatic heterocycles. The summed E-state index contributed by atoms with van der Waals surface area (Å²) in [5.74, 6) is -1.24. The van der Waals surface area contributed by atoms with E-state index in [4.69, 9.17) is 4.74 Å². The van der Waals surface area contributed by atoms with Gasteiger partial charge < -0.3 is 15.0 Å². The van der Waals surface area contributed by atoms with Crippen LogP contribution < -0.4 is 15.6 Å². The fourth-order valence-corrected chi connectivity index (χ4v) is 5.25. The van der Waals surface area contributed by atoms with Gasteiger partial charge in [0.15, 0.2) is 5.17 Å². The lowest BCUT2D eigenvalue weighted by molar-refractivity contribution is -0.384. The van der Waals surface area contributed by atoms with Crippen LogP contribution in [0.4, 0.5) is 16.2 Å². The van der Waals surface area contributed by atoms with Crippen LogP contribution >= 0.6 is 11.8 Å². The van der Waals surface area contributed by atoms with E-state index in [0.717, 1.165) is 5.56 Å². The first-order chi connectivity index (χ1) is 19.6. The number of nitro benzene ring substituents is 1. The summed E-state index contributed by atoms with van der Waals surface area (Å²) in [5, 5.41) is 18.5. The van der Waals surface area contributed by atoms with Gasteiger partial charge in [0, 0.05) is 30.8 Å². The van der Waals surface area contributed by atoms with Gasteiger partial charge in [-0.25, -0.2) is 15.0 Å². The monoisotopic (exact) mass is 580 g/mol. The molecule has 0 bridgehead atoms. The van der Waals surface area contributed by atoms with E-state index in [1.807, 2.05) is 19.1 Å². The number of anilines is 1. The Hall–Kier alpha value is -4.72. The number of ether oxygens (including phenoxy) is 1. The number of thioether (sulfide) groups is 1. The van der Waals surface area contributed by atoms with Crippen molar-refractivity contribution in [3.8, 4) is 0 Å². The van der Waals surface area contributed by atoms with Gasteiger partial charge in [0.1, 0.15) is 0 Å². The minimum Gasteiger partial charge on any atom is -0.463 e. The summed E-state index contributed by atoms with van der Waals surface area (Å²) in [5.41, 5.74) is 4.53. The van der Waals surface area contributed by atoms with E-state index in [0.29, 0.717) is 16.4 Å². The van der Waals surface area contributed by atoms with Crippen molar-refractivity contribution in [3.05, 3.63) is 81.0 Å². The van der Waals surface area contributed by atoms with Crippen molar-refractivity contribution in [1.29, 1.82) is 0 Å². The van der Waals surface area contributed by atoms with Crippen molar-refractivity contribution in [1.82, 2.24) is 15.6 Å². The quantitative estimate of drug-likeness (QED) is 0.259. The Labute approximate surface area is 239 Å². The Balaban J connectivity index is 1.55. The van der Waals surface area contributed by atoms with Gasteiger partial charge in [-0.15, -0.1) is 5.10 Å². The summed E-state index contributed by atoms with van der Waals surface area (Å²) in [6.45, 7) is 5.03. The lowest BCUT2D eigenvalue weighted by Gasteiger charge is -2.37. The average molecular weight is 581 g/mol. The number of amidine groups is 1. The van der Waals surface area contributed by atoms with Crippen LogP contribution in [-0.4, -0.2) is 57.7 Å². The fourth-order valence-electron chi connectivity index (χ4n) is 4.42. The standard InChI is InChI=1S/C27H28N6O7S/c1-4-40-25(36)23-17(3)28-26(37)31(24(23)18-6-5-7-20(14-18)33(38)39)13-12-21(34)29-30-27-32(22(35)15-41-27)19-10-8-16(2)9-11-19/h5-11,14,24H,4,12-13,15H2,1-3H3,(H,28,37)(H,29,34)/b30-27+. The highest BCUT2D eigenvalue weighted by atomic mass is 32.2. The highest BCUT2D eigenvalue weighted by molar-refractivity contribution is 8.15. The summed E-state index contributed by atoms with van der Waals surface area (Å²) >= 11 is 1.18. The molecule has 2 aromatic carbocycles. The number of nitrogens with zero attached hydrogens (tertiary/aromatic N) is 4. The van der Waals surface area contributed by atoms with Gasteiger partial charge in [0.05, 0.1) is 34.6 Å². The third-order valence-corrected chi connectivity index (χ3v) is 7.27. The molecule has 1 fully saturated rings. The second kappa shape index (κ2) is 12.6. The SMILES string of the molecule is CCOC(=O)C1=C(C)NC(=O)N(CCC(=O)N/N=C2/SCC(=O)N2c2ccc(C)cc2)C1c1cccc([N+](=O)[O-])c1. The number of esters is 1. The predicted molar refractivity (Wildman–Crippen MR) is 152 cm³/mol. The first-order valence-electron chi connectivity index (χ1n) is 12.7. The van der Waals surface area contributed by atoms with Gasteiger partial charge in [-0.1, -0.05) is 41.6 Å². The molecule has 2 aliphatic rings.